The van der Waals surface area contributed by atoms with E-state index in [9.17, 15) is 0 Å². The summed E-state index contributed by atoms with van der Waals surface area (Å²) >= 11 is 0. The molecule has 1 aliphatic carbocycles. The van der Waals surface area contributed by atoms with Gasteiger partial charge in [-0.1, -0.05) is 0 Å². The van der Waals surface area contributed by atoms with Crippen LogP contribution in [0.25, 0.3) is 0 Å². The summed E-state index contributed by atoms with van der Waals surface area (Å²) in [6.45, 7) is 0. The fraction of sp³-hybridized carbons (Fsp3) is 0.600. The van der Waals surface area contributed by atoms with Crippen LogP contribution in [-0.2, 0) is 0 Å². The zero-order valence-corrected chi connectivity index (χ0v) is 4.85. The first-order chi connectivity index (χ1) is 3.97. The molecule has 0 aromatic carbocycles. The van der Waals surface area contributed by atoms with Gasteiger partial charge in [0, 0.05) is 7.06 Å². The summed E-state index contributed by atoms with van der Waals surface area (Å²) in [6, 6.07) is 0. The van der Waals surface area contributed by atoms with Crippen molar-refractivity contribution in [2.24, 2.45) is 0 Å². The normalized spacial score (nSPS) is 24.0. The van der Waals surface area contributed by atoms with Crippen molar-refractivity contribution in [1.29, 1.82) is 0 Å². The van der Waals surface area contributed by atoms with Gasteiger partial charge in [0.1, 0.15) is 0 Å². The summed E-state index contributed by atoms with van der Waals surface area (Å²) in [6.07, 6.45) is 4.02. The predicted molar refractivity (Wildman–Crippen MR) is 38.1 cm³/mol. The van der Waals surface area contributed by atoms with Gasteiger partial charge in [-0.15, -0.1) is 10.9 Å². The first-order valence-electron chi connectivity index (χ1n) is 3.20. The summed E-state index contributed by atoms with van der Waals surface area (Å²) in [5.41, 5.74) is 3.18. The Balaban J connectivity index is 2.23. The average molecular weight is 98.5 g/mol. The van der Waals surface area contributed by atoms with Crippen LogP contribution in [0, 0.1) is 0 Å². The van der Waals surface area contributed by atoms with Crippen molar-refractivity contribution >= 4 is 21.4 Å². The van der Waals surface area contributed by atoms with Crippen LogP contribution in [0.2, 0.25) is 0 Å². The van der Waals surface area contributed by atoms with Gasteiger partial charge in [-0.2, -0.15) is 0 Å². The first-order valence-corrected chi connectivity index (χ1v) is 3.20. The number of hydrogen-bond donors (Lipinski definition) is 0. The van der Waals surface area contributed by atoms with E-state index in [0.29, 0.717) is 0 Å². The van der Waals surface area contributed by atoms with Crippen LogP contribution in [0.15, 0.2) is 10.9 Å². The molecule has 35 valence electrons. The molecular weight excluding hydrogens is 92.5 g/mol. The van der Waals surface area contributed by atoms with Crippen LogP contribution in [-0.4, -0.2) is 21.4 Å². The van der Waals surface area contributed by atoms with Crippen LogP contribution in [0.4, 0.5) is 0 Å². The molecule has 8 heavy (non-hydrogen) atoms. The SMILES string of the molecule is [B]1[B]C2=C([B]1)CCC2. The molecule has 2 aliphatic rings. The summed E-state index contributed by atoms with van der Waals surface area (Å²) in [4.78, 5) is 0. The highest BCUT2D eigenvalue weighted by atomic mass is 14.1. The van der Waals surface area contributed by atoms with E-state index >= 15 is 0 Å². The van der Waals surface area contributed by atoms with Gasteiger partial charge >= 0.3 is 0 Å². The van der Waals surface area contributed by atoms with Crippen LogP contribution in [0.5, 0.6) is 0 Å². The van der Waals surface area contributed by atoms with Crippen molar-refractivity contribution in [3.05, 3.63) is 10.9 Å². The van der Waals surface area contributed by atoms with Gasteiger partial charge in [0.2, 0.25) is 0 Å². The lowest BCUT2D eigenvalue weighted by Crippen LogP contribution is -2.05. The zero-order chi connectivity index (χ0) is 5.40. The van der Waals surface area contributed by atoms with Gasteiger partial charge < -0.3 is 0 Å². The molecule has 0 bridgehead atoms. The molecule has 0 atom stereocenters. The second-order valence-corrected chi connectivity index (χ2v) is 2.43. The minimum absolute atomic E-state index is 1.32. The maximum atomic E-state index is 2.24. The number of hydrogen-bond acceptors (Lipinski definition) is 0. The average Bonchev–Trinajstić information content (AvgIpc) is 2.15. The van der Waals surface area contributed by atoms with E-state index in [0.717, 1.165) is 0 Å². The smallest absolute Gasteiger partial charge is 0.0902 e. The molecule has 0 saturated carbocycles. The molecule has 0 spiro atoms. The maximum Gasteiger partial charge on any atom is 0.0902 e. The number of rotatable bonds is 0. The minimum Gasteiger partial charge on any atom is -0.130 e. The van der Waals surface area contributed by atoms with Crippen LogP contribution in [0.1, 0.15) is 19.3 Å². The van der Waals surface area contributed by atoms with E-state index in [1.165, 1.54) is 19.3 Å². The molecule has 0 fully saturated rings. The Bertz CT molecular complexity index is 111. The predicted octanol–water partition coefficient (Wildman–Crippen LogP) is 0.338. The standard InChI is InChI=1S/C5H6B3/c1-2-4-5(3-1)7-8-6-4/h1-3H2. The van der Waals surface area contributed by atoms with Gasteiger partial charge in [0.05, 0.1) is 14.3 Å². The van der Waals surface area contributed by atoms with E-state index in [-0.39, 0.29) is 0 Å². The zero-order valence-electron chi connectivity index (χ0n) is 4.85. The molecule has 1 heterocycles. The Morgan fingerprint density at radius 1 is 1.00 bits per heavy atom. The molecule has 0 unspecified atom stereocenters. The third-order valence-corrected chi connectivity index (χ3v) is 1.90. The lowest BCUT2D eigenvalue weighted by Gasteiger charge is -1.88. The van der Waals surface area contributed by atoms with Gasteiger partial charge in [-0.3, -0.25) is 0 Å². The van der Waals surface area contributed by atoms with E-state index in [1.54, 1.807) is 10.9 Å². The Kier molecular flexibility index (Phi) is 1.02. The lowest BCUT2D eigenvalue weighted by molar-refractivity contribution is 0.918. The Morgan fingerprint density at radius 2 is 1.62 bits per heavy atom. The largest absolute Gasteiger partial charge is 0.130 e. The molecule has 2 rings (SSSR count). The van der Waals surface area contributed by atoms with Crippen molar-refractivity contribution in [2.75, 3.05) is 0 Å². The molecule has 1 aliphatic heterocycles. The Labute approximate surface area is 52.4 Å². The van der Waals surface area contributed by atoms with Gasteiger partial charge in [0.25, 0.3) is 0 Å². The third-order valence-electron chi connectivity index (χ3n) is 1.90. The minimum atomic E-state index is 1.32. The Hall–Kier alpha value is -0.0652. The second-order valence-electron chi connectivity index (χ2n) is 2.43. The molecule has 0 nitrogen and oxygen atoms in total. The number of allylic oxidation sites excluding steroid dienone is 2. The second kappa shape index (κ2) is 1.71. The van der Waals surface area contributed by atoms with Crippen molar-refractivity contribution in [3.8, 4) is 0 Å². The first kappa shape index (κ1) is 4.78. The van der Waals surface area contributed by atoms with Crippen LogP contribution >= 0.6 is 0 Å². The highest BCUT2D eigenvalue weighted by Gasteiger charge is 2.19. The van der Waals surface area contributed by atoms with Crippen molar-refractivity contribution < 1.29 is 0 Å². The summed E-state index contributed by atoms with van der Waals surface area (Å²) in [5.74, 6) is 0. The fourth-order valence-corrected chi connectivity index (χ4v) is 1.45. The van der Waals surface area contributed by atoms with Crippen LogP contribution < -0.4 is 0 Å². The topological polar surface area (TPSA) is 0 Å². The van der Waals surface area contributed by atoms with Gasteiger partial charge in [0.15, 0.2) is 0 Å². The third kappa shape index (κ3) is 0.569. The fourth-order valence-electron chi connectivity index (χ4n) is 1.45. The maximum absolute atomic E-state index is 2.24. The highest BCUT2D eigenvalue weighted by molar-refractivity contribution is 7.35. The van der Waals surface area contributed by atoms with Gasteiger partial charge in [-0.05, 0) is 19.3 Å². The molecule has 0 aromatic rings. The Morgan fingerprint density at radius 3 is 2.25 bits per heavy atom. The van der Waals surface area contributed by atoms with Crippen LogP contribution in [0.3, 0.4) is 0 Å². The quantitative estimate of drug-likeness (QED) is 0.383. The molecule has 0 N–H and O–H groups in total. The molecular formula is C5H6B3. The monoisotopic (exact) mass is 99.1 g/mol. The molecule has 3 radical (unpaired) electrons. The summed E-state index contributed by atoms with van der Waals surface area (Å²) in [7, 11) is 6.63. The molecule has 0 amide bonds. The van der Waals surface area contributed by atoms with Gasteiger partial charge in [-0.25, -0.2) is 0 Å². The summed E-state index contributed by atoms with van der Waals surface area (Å²) < 4.78 is 0. The molecule has 0 aromatic heterocycles. The van der Waals surface area contributed by atoms with Crippen molar-refractivity contribution in [2.45, 2.75) is 19.3 Å². The van der Waals surface area contributed by atoms with Crippen molar-refractivity contribution in [1.82, 2.24) is 0 Å². The van der Waals surface area contributed by atoms with Crippen molar-refractivity contribution in [3.63, 3.8) is 0 Å². The van der Waals surface area contributed by atoms with E-state index in [1.807, 2.05) is 0 Å². The molecule has 3 heteroatoms. The summed E-state index contributed by atoms with van der Waals surface area (Å²) in [5, 5.41) is 0. The molecule has 0 saturated heterocycles. The van der Waals surface area contributed by atoms with E-state index in [2.05, 4.69) is 21.4 Å². The van der Waals surface area contributed by atoms with E-state index < -0.39 is 0 Å². The lowest BCUT2D eigenvalue weighted by atomic mass is 9.22. The highest BCUT2D eigenvalue weighted by Crippen LogP contribution is 2.26. The van der Waals surface area contributed by atoms with E-state index in [4.69, 9.17) is 0 Å².